The molecule has 1 aromatic rings. The first-order chi connectivity index (χ1) is 8.65. The second kappa shape index (κ2) is 7.50. The summed E-state index contributed by atoms with van der Waals surface area (Å²) in [6.45, 7) is 2.10. The summed E-state index contributed by atoms with van der Waals surface area (Å²) >= 11 is 5.37. The lowest BCUT2D eigenvalue weighted by atomic mass is 10.2. The molecule has 0 saturated carbocycles. The molecule has 0 aliphatic carbocycles. The smallest absolute Gasteiger partial charge is 0.330 e. The third kappa shape index (κ3) is 5.01. The number of carbonyl (C=O) groups excluding carboxylic acids is 2. The van der Waals surface area contributed by atoms with Crippen LogP contribution in [-0.4, -0.2) is 24.4 Å². The summed E-state index contributed by atoms with van der Waals surface area (Å²) in [4.78, 5) is 22.1. The Morgan fingerprint density at radius 2 is 2.00 bits per heavy atom. The largest absolute Gasteiger partial charge is 0.463 e. The van der Waals surface area contributed by atoms with Crippen LogP contribution in [0.4, 0.5) is 5.69 Å². The molecule has 1 N–H and O–H groups in total. The molecule has 96 valence electrons. The average Bonchev–Trinajstić information content (AvgIpc) is 2.38. The van der Waals surface area contributed by atoms with Crippen LogP contribution in [0.15, 0.2) is 30.3 Å². The van der Waals surface area contributed by atoms with Crippen molar-refractivity contribution >= 4 is 35.2 Å². The number of hydrogen-bond donors (Lipinski definition) is 1. The molecule has 0 aliphatic heterocycles. The average molecular weight is 268 g/mol. The monoisotopic (exact) mass is 267 g/mol. The number of ether oxygens (including phenoxy) is 1. The fourth-order valence-corrected chi connectivity index (χ4v) is 1.29. The van der Waals surface area contributed by atoms with E-state index in [9.17, 15) is 9.59 Å². The SMILES string of the molecule is CCOC(=O)/C=C/c1ccc(NC(=O)CCl)cc1. The van der Waals surface area contributed by atoms with Gasteiger partial charge in [-0.2, -0.15) is 0 Å². The van der Waals surface area contributed by atoms with Gasteiger partial charge >= 0.3 is 5.97 Å². The van der Waals surface area contributed by atoms with Gasteiger partial charge in [-0.1, -0.05) is 12.1 Å². The maximum absolute atomic E-state index is 11.1. The number of alkyl halides is 1. The van der Waals surface area contributed by atoms with Gasteiger partial charge in [0.15, 0.2) is 0 Å². The highest BCUT2D eigenvalue weighted by molar-refractivity contribution is 6.29. The summed E-state index contributed by atoms with van der Waals surface area (Å²) in [5.74, 6) is -0.715. The van der Waals surface area contributed by atoms with Gasteiger partial charge in [0.25, 0.3) is 0 Å². The molecule has 0 heterocycles. The third-order valence-corrected chi connectivity index (χ3v) is 2.26. The Morgan fingerprint density at radius 3 is 2.56 bits per heavy atom. The van der Waals surface area contributed by atoms with Crippen LogP contribution in [0, 0.1) is 0 Å². The number of halogens is 1. The molecule has 18 heavy (non-hydrogen) atoms. The van der Waals surface area contributed by atoms with Crippen LogP contribution < -0.4 is 5.32 Å². The van der Waals surface area contributed by atoms with Gasteiger partial charge in [0.1, 0.15) is 5.88 Å². The van der Waals surface area contributed by atoms with Gasteiger partial charge in [-0.3, -0.25) is 4.79 Å². The zero-order valence-corrected chi connectivity index (χ0v) is 10.7. The first kappa shape index (κ1) is 14.3. The van der Waals surface area contributed by atoms with Gasteiger partial charge in [0.05, 0.1) is 6.61 Å². The summed E-state index contributed by atoms with van der Waals surface area (Å²) in [5.41, 5.74) is 1.50. The molecule has 1 rings (SSSR count). The van der Waals surface area contributed by atoms with E-state index >= 15 is 0 Å². The molecule has 0 aromatic heterocycles. The molecule has 4 nitrogen and oxygen atoms in total. The number of benzene rings is 1. The van der Waals surface area contributed by atoms with Gasteiger partial charge in [-0.05, 0) is 30.7 Å². The number of anilines is 1. The Hall–Kier alpha value is -1.81. The van der Waals surface area contributed by atoms with Crippen LogP contribution in [0.5, 0.6) is 0 Å². The molecule has 0 bridgehead atoms. The molecule has 0 aliphatic rings. The van der Waals surface area contributed by atoms with Crippen LogP contribution in [0.1, 0.15) is 12.5 Å². The molecule has 0 saturated heterocycles. The first-order valence-electron chi connectivity index (χ1n) is 5.46. The standard InChI is InChI=1S/C13H14ClNO3/c1-2-18-13(17)8-5-10-3-6-11(7-4-10)15-12(16)9-14/h3-8H,2,9H2,1H3,(H,15,16)/b8-5+. The van der Waals surface area contributed by atoms with E-state index in [0.29, 0.717) is 12.3 Å². The van der Waals surface area contributed by atoms with Crippen LogP contribution >= 0.6 is 11.6 Å². The van der Waals surface area contributed by atoms with E-state index in [1.54, 1.807) is 37.3 Å². The fourth-order valence-electron chi connectivity index (χ4n) is 1.23. The third-order valence-electron chi connectivity index (χ3n) is 2.01. The van der Waals surface area contributed by atoms with Crippen molar-refractivity contribution in [2.24, 2.45) is 0 Å². The second-order valence-electron chi connectivity index (χ2n) is 3.39. The van der Waals surface area contributed by atoms with Gasteiger partial charge in [0, 0.05) is 11.8 Å². The van der Waals surface area contributed by atoms with E-state index in [4.69, 9.17) is 16.3 Å². The van der Waals surface area contributed by atoms with Crippen LogP contribution in [-0.2, 0) is 14.3 Å². The lowest BCUT2D eigenvalue weighted by molar-refractivity contribution is -0.137. The number of rotatable bonds is 5. The Labute approximate surface area is 111 Å². The highest BCUT2D eigenvalue weighted by atomic mass is 35.5. The highest BCUT2D eigenvalue weighted by Gasteiger charge is 1.99. The lowest BCUT2D eigenvalue weighted by Gasteiger charge is -2.02. The normalized spacial score (nSPS) is 10.3. The van der Waals surface area contributed by atoms with Crippen molar-refractivity contribution in [1.82, 2.24) is 0 Å². The van der Waals surface area contributed by atoms with Gasteiger partial charge in [0.2, 0.25) is 5.91 Å². The summed E-state index contributed by atoms with van der Waals surface area (Å²) in [7, 11) is 0. The van der Waals surface area contributed by atoms with Crippen molar-refractivity contribution in [3.63, 3.8) is 0 Å². The van der Waals surface area contributed by atoms with Crippen molar-refractivity contribution in [3.05, 3.63) is 35.9 Å². The Kier molecular flexibility index (Phi) is 5.94. The van der Waals surface area contributed by atoms with E-state index in [0.717, 1.165) is 5.56 Å². The number of amides is 1. The summed E-state index contributed by atoms with van der Waals surface area (Å²) in [6, 6.07) is 7.02. The van der Waals surface area contributed by atoms with E-state index < -0.39 is 0 Å². The zero-order valence-electron chi connectivity index (χ0n) is 9.98. The van der Waals surface area contributed by atoms with E-state index in [1.165, 1.54) is 6.08 Å². The molecular weight excluding hydrogens is 254 g/mol. The summed E-state index contributed by atoms with van der Waals surface area (Å²) < 4.78 is 4.76. The van der Waals surface area contributed by atoms with Crippen molar-refractivity contribution in [2.45, 2.75) is 6.92 Å². The molecule has 5 heteroatoms. The maximum Gasteiger partial charge on any atom is 0.330 e. The number of hydrogen-bond acceptors (Lipinski definition) is 3. The predicted octanol–water partition coefficient (Wildman–Crippen LogP) is 2.44. The van der Waals surface area contributed by atoms with Gasteiger partial charge in [-0.25, -0.2) is 4.79 Å². The first-order valence-corrected chi connectivity index (χ1v) is 6.00. The number of carbonyl (C=O) groups is 2. The minimum absolute atomic E-state index is 0.0789. The molecule has 0 radical (unpaired) electrons. The Morgan fingerprint density at radius 1 is 1.33 bits per heavy atom. The zero-order chi connectivity index (χ0) is 13.4. The van der Waals surface area contributed by atoms with Gasteiger partial charge < -0.3 is 10.1 Å². The van der Waals surface area contributed by atoms with Crippen LogP contribution in [0.3, 0.4) is 0 Å². The molecule has 1 aromatic carbocycles. The molecule has 1 amide bonds. The van der Waals surface area contributed by atoms with Gasteiger partial charge in [-0.15, -0.1) is 11.6 Å². The minimum atomic E-state index is -0.378. The van der Waals surface area contributed by atoms with Crippen molar-refractivity contribution in [3.8, 4) is 0 Å². The van der Waals surface area contributed by atoms with Crippen LogP contribution in [0.25, 0.3) is 6.08 Å². The molecule has 0 atom stereocenters. The topological polar surface area (TPSA) is 55.4 Å². The molecule has 0 spiro atoms. The van der Waals surface area contributed by atoms with Crippen molar-refractivity contribution in [2.75, 3.05) is 17.8 Å². The second-order valence-corrected chi connectivity index (χ2v) is 3.66. The quantitative estimate of drug-likeness (QED) is 0.506. The summed E-state index contributed by atoms with van der Waals surface area (Å²) in [6.07, 6.45) is 3.00. The predicted molar refractivity (Wildman–Crippen MR) is 71.5 cm³/mol. The highest BCUT2D eigenvalue weighted by Crippen LogP contribution is 2.11. The maximum atomic E-state index is 11.1. The van der Waals surface area contributed by atoms with Crippen molar-refractivity contribution in [1.29, 1.82) is 0 Å². The van der Waals surface area contributed by atoms with Crippen LogP contribution in [0.2, 0.25) is 0 Å². The Balaban J connectivity index is 2.60. The Bertz CT molecular complexity index is 440. The molecule has 0 fully saturated rings. The molecular formula is C13H14ClNO3. The number of nitrogens with one attached hydrogen (secondary N) is 1. The van der Waals surface area contributed by atoms with E-state index in [-0.39, 0.29) is 17.8 Å². The fraction of sp³-hybridized carbons (Fsp3) is 0.231. The van der Waals surface area contributed by atoms with E-state index in [1.807, 2.05) is 0 Å². The van der Waals surface area contributed by atoms with E-state index in [2.05, 4.69) is 5.32 Å². The summed E-state index contributed by atoms with van der Waals surface area (Å²) in [5, 5.41) is 2.62. The minimum Gasteiger partial charge on any atom is -0.463 e. The molecule has 0 unspecified atom stereocenters. The lowest BCUT2D eigenvalue weighted by Crippen LogP contribution is -2.12. The number of esters is 1. The van der Waals surface area contributed by atoms with Crippen molar-refractivity contribution < 1.29 is 14.3 Å².